The van der Waals surface area contributed by atoms with Gasteiger partial charge in [-0.05, 0) is 38.5 Å². The fraction of sp³-hybridized carbons (Fsp3) is 0.947. The molecular weight excluding hydrogens is 987 g/mol. The van der Waals surface area contributed by atoms with E-state index in [1.54, 1.807) is 0 Å². The number of amides is 1. The molecule has 17 unspecified atom stereocenters. The third-order valence-corrected chi connectivity index (χ3v) is 15.3. The number of hydrogen-bond acceptors (Lipinski definition) is 18. The first kappa shape index (κ1) is 68.8. The molecule has 0 aromatic rings. The second kappa shape index (κ2) is 41.5. The van der Waals surface area contributed by atoms with E-state index in [1.807, 2.05) is 0 Å². The number of nitrogens with one attached hydrogen (secondary N) is 1. The Morgan fingerprint density at radius 1 is 0.461 bits per heavy atom. The number of rotatable bonds is 44. The summed E-state index contributed by atoms with van der Waals surface area (Å²) in [7, 11) is 0. The molecule has 0 aliphatic carbocycles. The van der Waals surface area contributed by atoms with Gasteiger partial charge in [0.15, 0.2) is 18.9 Å². The van der Waals surface area contributed by atoms with Crippen molar-refractivity contribution < 1.29 is 89.4 Å². The summed E-state index contributed by atoms with van der Waals surface area (Å²) in [6, 6.07) is -0.887. The molecule has 1 amide bonds. The van der Waals surface area contributed by atoms with E-state index in [-0.39, 0.29) is 18.9 Å². The van der Waals surface area contributed by atoms with Crippen molar-refractivity contribution in [3.05, 3.63) is 12.2 Å². The summed E-state index contributed by atoms with van der Waals surface area (Å²) in [5.41, 5.74) is 0. The average molecular weight is 1090 g/mol. The minimum Gasteiger partial charge on any atom is -0.394 e. The Morgan fingerprint density at radius 3 is 1.28 bits per heavy atom. The zero-order valence-electron chi connectivity index (χ0n) is 46.5. The van der Waals surface area contributed by atoms with Crippen LogP contribution >= 0.6 is 0 Å². The van der Waals surface area contributed by atoms with Gasteiger partial charge in [0, 0.05) is 6.42 Å². The zero-order chi connectivity index (χ0) is 55.5. The van der Waals surface area contributed by atoms with Crippen LogP contribution < -0.4 is 5.32 Å². The Kier molecular flexibility index (Phi) is 37.6. The van der Waals surface area contributed by atoms with Crippen LogP contribution in [0.15, 0.2) is 12.2 Å². The highest BCUT2D eigenvalue weighted by Gasteiger charge is 2.53. The molecule has 12 N–H and O–H groups in total. The topological polar surface area (TPSA) is 307 Å². The number of aliphatic hydroxyl groups is 11. The van der Waals surface area contributed by atoms with Gasteiger partial charge in [-0.15, -0.1) is 0 Å². The van der Waals surface area contributed by atoms with Crippen LogP contribution in [-0.4, -0.2) is 193 Å². The number of hydrogen-bond donors (Lipinski definition) is 12. The van der Waals surface area contributed by atoms with Crippen molar-refractivity contribution in [1.29, 1.82) is 0 Å². The molecule has 3 aliphatic rings. The van der Waals surface area contributed by atoms with E-state index >= 15 is 0 Å². The van der Waals surface area contributed by atoms with Gasteiger partial charge in [-0.3, -0.25) is 4.79 Å². The van der Waals surface area contributed by atoms with Gasteiger partial charge < -0.3 is 89.9 Å². The molecule has 0 bridgehead atoms. The van der Waals surface area contributed by atoms with Crippen molar-refractivity contribution in [2.24, 2.45) is 0 Å². The number of allylic oxidation sites excluding steroid dienone is 2. The quantitative estimate of drug-likeness (QED) is 0.0283. The Labute approximate surface area is 455 Å². The normalized spacial score (nSPS) is 31.0. The molecule has 0 spiro atoms. The van der Waals surface area contributed by atoms with Crippen molar-refractivity contribution in [1.82, 2.24) is 5.32 Å². The summed E-state index contributed by atoms with van der Waals surface area (Å²) < 4.78 is 34.3. The molecule has 19 nitrogen and oxygen atoms in total. The summed E-state index contributed by atoms with van der Waals surface area (Å²) in [5.74, 6) is -0.251. The molecule has 3 rings (SSSR count). The summed E-state index contributed by atoms with van der Waals surface area (Å²) in [6.07, 6.45) is 12.9. The van der Waals surface area contributed by atoms with Gasteiger partial charge in [0.05, 0.1) is 38.6 Å². The summed E-state index contributed by atoms with van der Waals surface area (Å²) in [4.78, 5) is 13.3. The fourth-order valence-electron chi connectivity index (χ4n) is 10.4. The number of aliphatic hydroxyl groups excluding tert-OH is 11. The number of carbonyl (C=O) groups excluding carboxylic acids is 1. The minimum absolute atomic E-state index is 0.251. The summed E-state index contributed by atoms with van der Waals surface area (Å²) in [6.45, 7) is 1.77. The van der Waals surface area contributed by atoms with Gasteiger partial charge in [-0.1, -0.05) is 180 Å². The van der Waals surface area contributed by atoms with Gasteiger partial charge in [0.25, 0.3) is 0 Å². The highest BCUT2D eigenvalue weighted by molar-refractivity contribution is 5.76. The number of carbonyl (C=O) groups is 1. The van der Waals surface area contributed by atoms with E-state index in [2.05, 4.69) is 31.3 Å². The van der Waals surface area contributed by atoms with Gasteiger partial charge in [-0.25, -0.2) is 0 Å². The maximum atomic E-state index is 13.3. The molecule has 3 fully saturated rings. The third-order valence-electron chi connectivity index (χ3n) is 15.3. The Bertz CT molecular complexity index is 1450. The first-order chi connectivity index (χ1) is 36.8. The van der Waals surface area contributed by atoms with Crippen molar-refractivity contribution in [3.8, 4) is 0 Å². The smallest absolute Gasteiger partial charge is 0.220 e. The van der Waals surface area contributed by atoms with Gasteiger partial charge in [0.2, 0.25) is 5.91 Å². The minimum atomic E-state index is -1.97. The van der Waals surface area contributed by atoms with E-state index in [9.17, 15) is 61.0 Å². The molecule has 19 heteroatoms. The van der Waals surface area contributed by atoms with Crippen LogP contribution in [0.25, 0.3) is 0 Å². The largest absolute Gasteiger partial charge is 0.394 e. The predicted octanol–water partition coefficient (Wildman–Crippen LogP) is 4.99. The number of ether oxygens (including phenoxy) is 6. The lowest BCUT2D eigenvalue weighted by molar-refractivity contribution is -0.379. The molecule has 0 radical (unpaired) electrons. The molecule has 0 aromatic heterocycles. The molecule has 448 valence electrons. The van der Waals surface area contributed by atoms with Crippen molar-refractivity contribution >= 4 is 5.91 Å². The Hall–Kier alpha value is -1.47. The predicted molar refractivity (Wildman–Crippen MR) is 287 cm³/mol. The average Bonchev–Trinajstić information content (AvgIpc) is 3.42. The lowest BCUT2D eigenvalue weighted by Gasteiger charge is -2.48. The van der Waals surface area contributed by atoms with Crippen LogP contribution in [0.2, 0.25) is 0 Å². The molecule has 3 saturated heterocycles. The second-order valence-electron chi connectivity index (χ2n) is 21.8. The van der Waals surface area contributed by atoms with Crippen LogP contribution in [0, 0.1) is 0 Å². The molecule has 0 saturated carbocycles. The van der Waals surface area contributed by atoms with Crippen LogP contribution in [0.3, 0.4) is 0 Å². The highest BCUT2D eigenvalue weighted by Crippen LogP contribution is 2.33. The van der Waals surface area contributed by atoms with Crippen molar-refractivity contribution in [2.75, 3.05) is 26.4 Å². The Morgan fingerprint density at radius 2 is 0.829 bits per heavy atom. The lowest BCUT2D eigenvalue weighted by atomic mass is 9.96. The first-order valence-corrected chi connectivity index (χ1v) is 29.9. The molecular formula is C57H107NO18. The monoisotopic (exact) mass is 1090 g/mol. The van der Waals surface area contributed by atoms with Crippen molar-refractivity contribution in [2.45, 2.75) is 317 Å². The van der Waals surface area contributed by atoms with E-state index in [1.165, 1.54) is 116 Å². The molecule has 3 aliphatic heterocycles. The summed E-state index contributed by atoms with van der Waals surface area (Å²) in [5, 5.41) is 120. The van der Waals surface area contributed by atoms with E-state index in [0.29, 0.717) is 12.8 Å². The first-order valence-electron chi connectivity index (χ1n) is 29.9. The maximum Gasteiger partial charge on any atom is 0.220 e. The van der Waals surface area contributed by atoms with Crippen LogP contribution in [0.4, 0.5) is 0 Å². The second-order valence-corrected chi connectivity index (χ2v) is 21.8. The van der Waals surface area contributed by atoms with E-state index < -0.39 is 124 Å². The molecule has 0 aromatic carbocycles. The van der Waals surface area contributed by atoms with Crippen molar-refractivity contribution in [3.63, 3.8) is 0 Å². The molecule has 3 heterocycles. The fourth-order valence-corrected chi connectivity index (χ4v) is 10.4. The van der Waals surface area contributed by atoms with Crippen LogP contribution in [0.1, 0.15) is 213 Å². The standard InChI is InChI=1S/C57H107NO18/c1-3-5-7-9-11-13-15-17-19-20-21-22-24-26-28-30-32-34-41(62)40(58-45(63)35-33-31-29-27-25-23-18-16-14-12-10-8-6-4-2)39-71-55-51(69)48(66)53(43(37-60)73-55)76-57-52(70)49(67)54(44(38-61)74-57)75-56-50(68)47(65)46(64)42(36-59)72-56/h16,18,40-44,46-57,59-62,64-70H,3-15,17,19-39H2,1-2H3,(H,58,63)/b18-16-. The van der Waals surface area contributed by atoms with Crippen LogP contribution in [-0.2, 0) is 33.2 Å². The van der Waals surface area contributed by atoms with E-state index in [4.69, 9.17) is 28.4 Å². The SMILES string of the molecule is CCCCCCC/C=C\CCCCCCCC(=O)NC(COC1OC(CO)C(OC2OC(CO)C(OC3OC(CO)C(O)C(O)C3O)C(O)C2O)C(O)C1O)C(O)CCCCCCCCCCCCCCCCCCC. The lowest BCUT2D eigenvalue weighted by Crippen LogP contribution is -2.66. The molecule has 17 atom stereocenters. The van der Waals surface area contributed by atoms with Gasteiger partial charge in [-0.2, -0.15) is 0 Å². The summed E-state index contributed by atoms with van der Waals surface area (Å²) >= 11 is 0. The van der Waals surface area contributed by atoms with Gasteiger partial charge >= 0.3 is 0 Å². The van der Waals surface area contributed by atoms with E-state index in [0.717, 1.165) is 64.2 Å². The Balaban J connectivity index is 1.50. The highest BCUT2D eigenvalue weighted by atomic mass is 16.8. The van der Waals surface area contributed by atoms with Gasteiger partial charge in [0.1, 0.15) is 73.2 Å². The maximum absolute atomic E-state index is 13.3. The number of unbranched alkanes of at least 4 members (excludes halogenated alkanes) is 26. The van der Waals surface area contributed by atoms with Crippen LogP contribution in [0.5, 0.6) is 0 Å². The zero-order valence-corrected chi connectivity index (χ0v) is 46.5. The molecule has 76 heavy (non-hydrogen) atoms. The third kappa shape index (κ3) is 25.5.